The molecule has 6 bridgehead atoms. The highest BCUT2D eigenvalue weighted by molar-refractivity contribution is 5.81. The number of nitrogens with one attached hydrogen (secondary N) is 1. The highest BCUT2D eigenvalue weighted by Crippen LogP contribution is 2.60. The zero-order valence-electron chi connectivity index (χ0n) is 16.7. The average molecular weight is 375 g/mol. The second-order valence-electron chi connectivity index (χ2n) is 10.5. The molecule has 2 saturated heterocycles. The summed E-state index contributed by atoms with van der Waals surface area (Å²) in [4.78, 5) is 29.9. The van der Waals surface area contributed by atoms with Crippen molar-refractivity contribution in [3.63, 3.8) is 0 Å². The number of hydrogen-bond donors (Lipinski definition) is 2. The van der Waals surface area contributed by atoms with Gasteiger partial charge in [0.1, 0.15) is 0 Å². The minimum Gasteiger partial charge on any atom is -0.369 e. The van der Waals surface area contributed by atoms with Crippen LogP contribution in [-0.4, -0.2) is 60.0 Å². The quantitative estimate of drug-likeness (QED) is 0.792. The molecule has 27 heavy (non-hydrogen) atoms. The Kier molecular flexibility index (Phi) is 4.01. The molecule has 0 aromatic carbocycles. The molecule has 0 aromatic heterocycles. The molecule has 6 aliphatic rings. The number of hydrogen-bond acceptors (Lipinski definition) is 3. The van der Waals surface area contributed by atoms with Crippen LogP contribution in [0.25, 0.3) is 0 Å². The molecule has 0 radical (unpaired) electrons. The predicted molar refractivity (Wildman–Crippen MR) is 103 cm³/mol. The fourth-order valence-corrected chi connectivity index (χ4v) is 7.68. The SMILES string of the molecule is CN(C)C1CC2CC[C@@H](C1)N2C(=O)NC1C2CC3CC1CC(C(N)=O)(C3)C2. The Labute approximate surface area is 162 Å². The second-order valence-corrected chi connectivity index (χ2v) is 10.5. The Morgan fingerprint density at radius 2 is 1.59 bits per heavy atom. The molecule has 6 nitrogen and oxygen atoms in total. The molecule has 0 aromatic rings. The summed E-state index contributed by atoms with van der Waals surface area (Å²) in [5, 5.41) is 3.45. The van der Waals surface area contributed by atoms with Gasteiger partial charge in [-0.25, -0.2) is 4.79 Å². The number of nitrogens with zero attached hydrogens (tertiary/aromatic N) is 2. The molecule has 4 saturated carbocycles. The van der Waals surface area contributed by atoms with Gasteiger partial charge in [-0.2, -0.15) is 0 Å². The highest BCUT2D eigenvalue weighted by atomic mass is 16.2. The smallest absolute Gasteiger partial charge is 0.318 e. The molecular formula is C21H34N4O2. The molecule has 4 unspecified atom stereocenters. The van der Waals surface area contributed by atoms with Crippen molar-refractivity contribution in [2.75, 3.05) is 14.1 Å². The molecule has 6 fully saturated rings. The van der Waals surface area contributed by atoms with E-state index in [-0.39, 0.29) is 23.4 Å². The van der Waals surface area contributed by atoms with Crippen LogP contribution in [0, 0.1) is 23.2 Å². The van der Waals surface area contributed by atoms with Crippen LogP contribution < -0.4 is 11.1 Å². The van der Waals surface area contributed by atoms with Gasteiger partial charge in [0.2, 0.25) is 5.91 Å². The van der Waals surface area contributed by atoms with Gasteiger partial charge >= 0.3 is 6.03 Å². The molecule has 6 rings (SSSR count). The largest absolute Gasteiger partial charge is 0.369 e. The molecule has 4 aliphatic carbocycles. The topological polar surface area (TPSA) is 78.7 Å². The van der Waals surface area contributed by atoms with Crippen molar-refractivity contribution < 1.29 is 9.59 Å². The maximum Gasteiger partial charge on any atom is 0.318 e. The molecular weight excluding hydrogens is 340 g/mol. The van der Waals surface area contributed by atoms with Gasteiger partial charge in [-0.3, -0.25) is 4.79 Å². The lowest BCUT2D eigenvalue weighted by Gasteiger charge is -2.59. The van der Waals surface area contributed by atoms with Gasteiger partial charge in [-0.05, 0) is 89.6 Å². The number of piperidine rings is 1. The Morgan fingerprint density at radius 1 is 1.00 bits per heavy atom. The summed E-state index contributed by atoms with van der Waals surface area (Å²) >= 11 is 0. The molecule has 150 valence electrons. The number of carbonyl (C=O) groups is 2. The number of fused-ring (bicyclic) bond motifs is 2. The van der Waals surface area contributed by atoms with Gasteiger partial charge in [-0.1, -0.05) is 0 Å². The maximum atomic E-state index is 13.3. The van der Waals surface area contributed by atoms with E-state index in [2.05, 4.69) is 29.2 Å². The molecule has 3 amide bonds. The van der Waals surface area contributed by atoms with Crippen LogP contribution in [0.15, 0.2) is 0 Å². The van der Waals surface area contributed by atoms with E-state index in [0.29, 0.717) is 35.9 Å². The third-order valence-electron chi connectivity index (χ3n) is 8.76. The van der Waals surface area contributed by atoms with Gasteiger partial charge < -0.3 is 20.9 Å². The number of rotatable bonds is 3. The first-order chi connectivity index (χ1) is 12.9. The fourth-order valence-electron chi connectivity index (χ4n) is 7.68. The van der Waals surface area contributed by atoms with Crippen molar-refractivity contribution in [3.8, 4) is 0 Å². The van der Waals surface area contributed by atoms with Crippen LogP contribution in [0.3, 0.4) is 0 Å². The van der Waals surface area contributed by atoms with Crippen LogP contribution in [0.2, 0.25) is 0 Å². The monoisotopic (exact) mass is 374 g/mol. The first-order valence-corrected chi connectivity index (χ1v) is 10.9. The van der Waals surface area contributed by atoms with E-state index in [9.17, 15) is 9.59 Å². The van der Waals surface area contributed by atoms with Crippen molar-refractivity contribution in [1.82, 2.24) is 15.1 Å². The standard InChI is InChI=1S/C21H34N4O2/c1-24(2)17-7-15-3-4-16(8-17)25(15)20(27)23-18-13-5-12-6-14(18)11-21(9-12,10-13)19(22)26/h12-18H,3-11H2,1-2H3,(H2,22,26)(H,23,27)/t12?,13?,14?,15-,16?,17?,18?,21?/m0/s1. The summed E-state index contributed by atoms with van der Waals surface area (Å²) < 4.78 is 0. The maximum absolute atomic E-state index is 13.3. The minimum absolute atomic E-state index is 0.101. The Bertz CT molecular complexity index is 620. The third-order valence-corrected chi connectivity index (χ3v) is 8.76. The third kappa shape index (κ3) is 2.70. The van der Waals surface area contributed by atoms with Gasteiger partial charge in [0.25, 0.3) is 0 Å². The summed E-state index contributed by atoms with van der Waals surface area (Å²) in [5.41, 5.74) is 5.52. The van der Waals surface area contributed by atoms with E-state index >= 15 is 0 Å². The van der Waals surface area contributed by atoms with Crippen LogP contribution in [0.1, 0.15) is 57.8 Å². The van der Waals surface area contributed by atoms with E-state index in [1.165, 1.54) is 0 Å². The van der Waals surface area contributed by atoms with Crippen molar-refractivity contribution in [1.29, 1.82) is 0 Å². The minimum atomic E-state index is -0.277. The van der Waals surface area contributed by atoms with Crippen LogP contribution in [-0.2, 0) is 4.79 Å². The molecule has 2 aliphatic heterocycles. The summed E-state index contributed by atoms with van der Waals surface area (Å²) in [7, 11) is 4.31. The summed E-state index contributed by atoms with van der Waals surface area (Å²) in [6.45, 7) is 0. The molecule has 0 spiro atoms. The van der Waals surface area contributed by atoms with Gasteiger partial charge in [-0.15, -0.1) is 0 Å². The fraction of sp³-hybridized carbons (Fsp3) is 0.905. The summed E-state index contributed by atoms with van der Waals surface area (Å²) in [6, 6.07) is 1.79. The van der Waals surface area contributed by atoms with E-state index in [1.807, 2.05) is 0 Å². The number of carbonyl (C=O) groups excluding carboxylic acids is 2. The normalized spacial score (nSPS) is 47.5. The Hall–Kier alpha value is -1.30. The molecule has 5 atom stereocenters. The lowest BCUT2D eigenvalue weighted by Crippen LogP contribution is -2.64. The van der Waals surface area contributed by atoms with Crippen molar-refractivity contribution in [2.45, 2.75) is 82.0 Å². The van der Waals surface area contributed by atoms with Crippen LogP contribution >= 0.6 is 0 Å². The number of amides is 3. The first kappa shape index (κ1) is 17.8. The van der Waals surface area contributed by atoms with E-state index in [4.69, 9.17) is 5.73 Å². The zero-order chi connectivity index (χ0) is 18.9. The summed E-state index contributed by atoms with van der Waals surface area (Å²) in [5.74, 6) is 1.40. The highest BCUT2D eigenvalue weighted by Gasteiger charge is 2.58. The molecule has 2 heterocycles. The van der Waals surface area contributed by atoms with Crippen LogP contribution in [0.4, 0.5) is 4.79 Å². The molecule has 3 N–H and O–H groups in total. The lowest BCUT2D eigenvalue weighted by molar-refractivity contribution is -0.145. The van der Waals surface area contributed by atoms with Crippen molar-refractivity contribution >= 4 is 11.9 Å². The first-order valence-electron chi connectivity index (χ1n) is 10.9. The van der Waals surface area contributed by atoms with Gasteiger partial charge in [0.15, 0.2) is 0 Å². The van der Waals surface area contributed by atoms with E-state index in [0.717, 1.165) is 57.8 Å². The Morgan fingerprint density at radius 3 is 2.11 bits per heavy atom. The predicted octanol–water partition coefficient (Wildman–Crippen LogP) is 1.93. The van der Waals surface area contributed by atoms with E-state index in [1.54, 1.807) is 0 Å². The summed E-state index contributed by atoms with van der Waals surface area (Å²) in [6.07, 6.45) is 9.56. The second kappa shape index (κ2) is 6.10. The number of urea groups is 1. The number of primary amides is 1. The average Bonchev–Trinajstić information content (AvgIpc) is 2.87. The van der Waals surface area contributed by atoms with Gasteiger partial charge in [0.05, 0.1) is 0 Å². The van der Waals surface area contributed by atoms with E-state index < -0.39 is 0 Å². The zero-order valence-corrected chi connectivity index (χ0v) is 16.7. The van der Waals surface area contributed by atoms with Gasteiger partial charge in [0, 0.05) is 29.6 Å². The van der Waals surface area contributed by atoms with Crippen LogP contribution in [0.5, 0.6) is 0 Å². The van der Waals surface area contributed by atoms with Crippen molar-refractivity contribution in [2.24, 2.45) is 28.9 Å². The number of nitrogens with two attached hydrogens (primary N) is 1. The van der Waals surface area contributed by atoms with Crippen molar-refractivity contribution in [3.05, 3.63) is 0 Å². The lowest BCUT2D eigenvalue weighted by atomic mass is 9.47. The molecule has 6 heteroatoms. The Balaban J connectivity index is 1.28.